The van der Waals surface area contributed by atoms with Crippen LogP contribution < -0.4 is 4.72 Å². The molecule has 1 aromatic carbocycles. The molecule has 1 N–H and O–H groups in total. The smallest absolute Gasteiger partial charge is 0.241 e. The van der Waals surface area contributed by atoms with Crippen LogP contribution in [-0.2, 0) is 10.0 Å². The molecule has 0 amide bonds. The van der Waals surface area contributed by atoms with Crippen molar-refractivity contribution in [1.29, 1.82) is 0 Å². The van der Waals surface area contributed by atoms with Crippen molar-refractivity contribution in [2.45, 2.75) is 62.8 Å². The summed E-state index contributed by atoms with van der Waals surface area (Å²) in [6.45, 7) is 4.69. The molecule has 0 spiro atoms. The molecule has 0 atom stereocenters. The van der Waals surface area contributed by atoms with Gasteiger partial charge in [-0.05, 0) is 75.4 Å². The number of hydrogen-bond acceptors (Lipinski definition) is 3. The molecule has 1 heterocycles. The van der Waals surface area contributed by atoms with Crippen LogP contribution in [-0.4, -0.2) is 39.0 Å². The van der Waals surface area contributed by atoms with Crippen molar-refractivity contribution < 1.29 is 12.8 Å². The summed E-state index contributed by atoms with van der Waals surface area (Å²) in [6, 6.07) is 3.79. The van der Waals surface area contributed by atoms with Gasteiger partial charge in [0.25, 0.3) is 0 Å². The fourth-order valence-electron chi connectivity index (χ4n) is 4.17. The number of nitrogens with zero attached hydrogens (tertiary/aromatic N) is 1. The summed E-state index contributed by atoms with van der Waals surface area (Å²) in [5, 5.41) is 0. The lowest BCUT2D eigenvalue weighted by Crippen LogP contribution is -2.46. The second-order valence-corrected chi connectivity index (χ2v) is 9.29. The molecule has 6 heteroatoms. The zero-order valence-electron chi connectivity index (χ0n) is 15.0. The van der Waals surface area contributed by atoms with Crippen molar-refractivity contribution in [2.24, 2.45) is 5.92 Å². The maximum atomic E-state index is 13.2. The molecule has 0 radical (unpaired) electrons. The molecule has 1 aliphatic carbocycles. The molecule has 2 fully saturated rings. The van der Waals surface area contributed by atoms with E-state index >= 15 is 0 Å². The lowest BCUT2D eigenvalue weighted by atomic mass is 9.88. The van der Waals surface area contributed by atoms with E-state index in [-0.39, 0.29) is 10.9 Å². The molecule has 2 aliphatic rings. The largest absolute Gasteiger partial charge is 0.303 e. The first-order chi connectivity index (χ1) is 11.9. The Morgan fingerprint density at radius 2 is 1.80 bits per heavy atom. The highest BCUT2D eigenvalue weighted by atomic mass is 32.2. The minimum Gasteiger partial charge on any atom is -0.303 e. The van der Waals surface area contributed by atoms with Crippen molar-refractivity contribution in [3.63, 3.8) is 0 Å². The van der Waals surface area contributed by atoms with Gasteiger partial charge in [-0.1, -0.05) is 19.3 Å². The van der Waals surface area contributed by atoms with Crippen molar-refractivity contribution in [3.8, 4) is 0 Å². The Labute approximate surface area is 150 Å². The molecule has 3 rings (SSSR count). The van der Waals surface area contributed by atoms with Crippen LogP contribution in [0, 0.1) is 18.7 Å². The summed E-state index contributed by atoms with van der Waals surface area (Å²) in [7, 11) is -3.59. The van der Waals surface area contributed by atoms with E-state index in [0.717, 1.165) is 38.4 Å². The van der Waals surface area contributed by atoms with Gasteiger partial charge in [-0.15, -0.1) is 0 Å². The zero-order valence-corrected chi connectivity index (χ0v) is 15.8. The molecular weight excluding hydrogens is 339 g/mol. The highest BCUT2D eigenvalue weighted by Gasteiger charge is 2.27. The first-order valence-electron chi connectivity index (χ1n) is 9.45. The summed E-state index contributed by atoms with van der Waals surface area (Å²) < 4.78 is 41.2. The lowest BCUT2D eigenvalue weighted by Gasteiger charge is -2.35. The number of piperidine rings is 1. The number of halogens is 1. The number of benzene rings is 1. The molecule has 0 unspecified atom stereocenters. The summed E-state index contributed by atoms with van der Waals surface area (Å²) in [6.07, 6.45) is 8.46. The summed E-state index contributed by atoms with van der Waals surface area (Å²) in [4.78, 5) is 2.67. The molecule has 0 bridgehead atoms. The molecule has 140 valence electrons. The molecule has 1 aliphatic heterocycles. The van der Waals surface area contributed by atoms with Gasteiger partial charge >= 0.3 is 0 Å². The minimum absolute atomic E-state index is 0.0305. The van der Waals surface area contributed by atoms with Crippen molar-refractivity contribution in [3.05, 3.63) is 29.6 Å². The van der Waals surface area contributed by atoms with Gasteiger partial charge in [-0.2, -0.15) is 0 Å². The predicted molar refractivity (Wildman–Crippen MR) is 97.5 cm³/mol. The normalized spacial score (nSPS) is 21.5. The standard InChI is InChI=1S/C19H29FN2O2S/c1-15-13-17(20)7-8-19(15)25(23,24)21-18-9-11-22(12-10-18)14-16-5-3-2-4-6-16/h7-8,13,16,18,21H,2-6,9-12,14H2,1H3. The highest BCUT2D eigenvalue weighted by Crippen LogP contribution is 2.26. The molecule has 0 aromatic heterocycles. The van der Waals surface area contributed by atoms with E-state index in [1.54, 1.807) is 6.92 Å². The van der Waals surface area contributed by atoms with E-state index in [4.69, 9.17) is 0 Å². The molecule has 25 heavy (non-hydrogen) atoms. The Kier molecular flexibility index (Phi) is 6.12. The Morgan fingerprint density at radius 1 is 1.12 bits per heavy atom. The van der Waals surface area contributed by atoms with Crippen LogP contribution in [0.3, 0.4) is 0 Å². The molecule has 1 saturated carbocycles. The first kappa shape index (κ1) is 18.8. The van der Waals surface area contributed by atoms with Gasteiger partial charge in [0.2, 0.25) is 10.0 Å². The van der Waals surface area contributed by atoms with Gasteiger partial charge in [0.15, 0.2) is 0 Å². The zero-order chi connectivity index (χ0) is 17.9. The topological polar surface area (TPSA) is 49.4 Å². The SMILES string of the molecule is Cc1cc(F)ccc1S(=O)(=O)NC1CCN(CC2CCCCC2)CC1. The monoisotopic (exact) mass is 368 g/mol. The van der Waals surface area contributed by atoms with Crippen LogP contribution in [0.5, 0.6) is 0 Å². The fraction of sp³-hybridized carbons (Fsp3) is 0.684. The van der Waals surface area contributed by atoms with E-state index in [2.05, 4.69) is 9.62 Å². The van der Waals surface area contributed by atoms with Crippen molar-refractivity contribution >= 4 is 10.0 Å². The van der Waals surface area contributed by atoms with Gasteiger partial charge in [0.05, 0.1) is 4.90 Å². The average molecular weight is 369 g/mol. The lowest BCUT2D eigenvalue weighted by molar-refractivity contribution is 0.161. The quantitative estimate of drug-likeness (QED) is 0.866. The summed E-state index contributed by atoms with van der Waals surface area (Å²) in [5.41, 5.74) is 0.447. The second-order valence-electron chi connectivity index (χ2n) is 7.61. The van der Waals surface area contributed by atoms with Crippen LogP contribution in [0.4, 0.5) is 4.39 Å². The third kappa shape index (κ3) is 5.02. The third-order valence-corrected chi connectivity index (χ3v) is 7.26. The van der Waals surface area contributed by atoms with Crippen LogP contribution in [0.2, 0.25) is 0 Å². The predicted octanol–water partition coefficient (Wildman–Crippen LogP) is 3.46. The van der Waals surface area contributed by atoms with Gasteiger partial charge in [0, 0.05) is 12.6 Å². The number of sulfonamides is 1. The maximum absolute atomic E-state index is 13.2. The van der Waals surface area contributed by atoms with Crippen LogP contribution in [0.25, 0.3) is 0 Å². The number of aryl methyl sites for hydroxylation is 1. The minimum atomic E-state index is -3.59. The summed E-state index contributed by atoms with van der Waals surface area (Å²) >= 11 is 0. The third-order valence-electron chi connectivity index (χ3n) is 5.58. The summed E-state index contributed by atoms with van der Waals surface area (Å²) in [5.74, 6) is 0.413. The van der Waals surface area contributed by atoms with Gasteiger partial charge in [-0.25, -0.2) is 17.5 Å². The Morgan fingerprint density at radius 3 is 2.44 bits per heavy atom. The number of rotatable bonds is 5. The van der Waals surface area contributed by atoms with Crippen molar-refractivity contribution in [2.75, 3.05) is 19.6 Å². The van der Waals surface area contributed by atoms with E-state index in [1.165, 1.54) is 50.3 Å². The van der Waals surface area contributed by atoms with Crippen LogP contribution in [0.15, 0.2) is 23.1 Å². The van der Waals surface area contributed by atoms with E-state index in [1.807, 2.05) is 0 Å². The van der Waals surface area contributed by atoms with Gasteiger partial charge in [-0.3, -0.25) is 0 Å². The van der Waals surface area contributed by atoms with Crippen LogP contribution in [0.1, 0.15) is 50.5 Å². The highest BCUT2D eigenvalue weighted by molar-refractivity contribution is 7.89. The number of likely N-dealkylation sites (tertiary alicyclic amines) is 1. The molecule has 1 aromatic rings. The number of hydrogen-bond donors (Lipinski definition) is 1. The second kappa shape index (κ2) is 8.14. The molecular formula is C19H29FN2O2S. The van der Waals surface area contributed by atoms with Gasteiger partial charge < -0.3 is 4.90 Å². The van der Waals surface area contributed by atoms with E-state index in [0.29, 0.717) is 5.56 Å². The molecule has 4 nitrogen and oxygen atoms in total. The Bertz CT molecular complexity index is 679. The average Bonchev–Trinajstić information content (AvgIpc) is 2.57. The number of nitrogens with one attached hydrogen (secondary N) is 1. The Balaban J connectivity index is 1.52. The van der Waals surface area contributed by atoms with E-state index < -0.39 is 15.8 Å². The Hall–Kier alpha value is -0.980. The van der Waals surface area contributed by atoms with Crippen LogP contribution >= 0.6 is 0 Å². The van der Waals surface area contributed by atoms with E-state index in [9.17, 15) is 12.8 Å². The van der Waals surface area contributed by atoms with Crippen molar-refractivity contribution in [1.82, 2.24) is 9.62 Å². The first-order valence-corrected chi connectivity index (χ1v) is 10.9. The molecule has 1 saturated heterocycles. The maximum Gasteiger partial charge on any atom is 0.241 e. The fourth-order valence-corrected chi connectivity index (χ4v) is 5.70. The van der Waals surface area contributed by atoms with Gasteiger partial charge in [0.1, 0.15) is 5.82 Å².